The van der Waals surface area contributed by atoms with Gasteiger partial charge in [0.2, 0.25) is 0 Å². The smallest absolute Gasteiger partial charge is 0.251 e. The van der Waals surface area contributed by atoms with Crippen LogP contribution in [-0.4, -0.2) is 41.0 Å². The molecule has 1 fully saturated rings. The van der Waals surface area contributed by atoms with Gasteiger partial charge >= 0.3 is 0 Å². The quantitative estimate of drug-likeness (QED) is 0.486. The zero-order valence-corrected chi connectivity index (χ0v) is 19.7. The third-order valence-electron chi connectivity index (χ3n) is 6.07. The van der Waals surface area contributed by atoms with E-state index in [0.717, 1.165) is 28.7 Å². The first-order chi connectivity index (χ1) is 14.9. The number of nitrogens with zero attached hydrogens (tertiary/aromatic N) is 2. The highest BCUT2D eigenvalue weighted by molar-refractivity contribution is 7.16. The molecule has 1 saturated heterocycles. The number of carbonyl (C=O) groups is 1. The minimum atomic E-state index is -0.0388. The molecule has 0 saturated carbocycles. The van der Waals surface area contributed by atoms with Crippen molar-refractivity contribution in [2.45, 2.75) is 58.5 Å². The maximum Gasteiger partial charge on any atom is 0.251 e. The number of amides is 1. The SMILES string of the molecule is C=CC(C)Cc1sc(Nc2ccc(C(=O)NCCN3C(C)CCCC3C)cc2)nc1N. The molecular weight excluding hydrogens is 406 g/mol. The Morgan fingerprint density at radius 1 is 1.32 bits per heavy atom. The van der Waals surface area contributed by atoms with Crippen LogP contribution in [0.4, 0.5) is 16.6 Å². The Morgan fingerprint density at radius 3 is 2.65 bits per heavy atom. The zero-order valence-electron chi connectivity index (χ0n) is 18.9. The van der Waals surface area contributed by atoms with E-state index < -0.39 is 0 Å². The fourth-order valence-electron chi connectivity index (χ4n) is 4.08. The van der Waals surface area contributed by atoms with Crippen molar-refractivity contribution in [2.75, 3.05) is 24.1 Å². The molecule has 2 aromatic rings. The van der Waals surface area contributed by atoms with E-state index >= 15 is 0 Å². The van der Waals surface area contributed by atoms with Crippen LogP contribution in [0, 0.1) is 5.92 Å². The molecule has 0 radical (unpaired) electrons. The molecular formula is C24H35N5OS. The molecule has 1 amide bonds. The lowest BCUT2D eigenvalue weighted by molar-refractivity contribution is 0.0889. The molecule has 3 atom stereocenters. The summed E-state index contributed by atoms with van der Waals surface area (Å²) in [6, 6.07) is 8.64. The van der Waals surface area contributed by atoms with Crippen LogP contribution in [0.3, 0.4) is 0 Å². The van der Waals surface area contributed by atoms with Gasteiger partial charge in [-0.2, -0.15) is 0 Å². The van der Waals surface area contributed by atoms with E-state index in [-0.39, 0.29) is 5.91 Å². The first-order valence-corrected chi connectivity index (χ1v) is 12.0. The van der Waals surface area contributed by atoms with Crippen LogP contribution >= 0.6 is 11.3 Å². The lowest BCUT2D eigenvalue weighted by Gasteiger charge is -2.39. The number of piperidine rings is 1. The number of likely N-dealkylation sites (tertiary alicyclic amines) is 1. The summed E-state index contributed by atoms with van der Waals surface area (Å²) in [5.74, 6) is 0.882. The van der Waals surface area contributed by atoms with Crippen molar-refractivity contribution in [1.82, 2.24) is 15.2 Å². The molecule has 1 aromatic carbocycles. The number of benzene rings is 1. The van der Waals surface area contributed by atoms with Crippen molar-refractivity contribution >= 4 is 33.9 Å². The molecule has 1 aromatic heterocycles. The largest absolute Gasteiger partial charge is 0.383 e. The number of nitrogens with two attached hydrogens (primary N) is 1. The number of thiazole rings is 1. The molecule has 3 unspecified atom stereocenters. The number of allylic oxidation sites excluding steroid dienone is 1. The summed E-state index contributed by atoms with van der Waals surface area (Å²) < 4.78 is 0. The maximum absolute atomic E-state index is 12.5. The van der Waals surface area contributed by atoms with Crippen LogP contribution < -0.4 is 16.4 Å². The van der Waals surface area contributed by atoms with Gasteiger partial charge in [-0.1, -0.05) is 30.8 Å². The highest BCUT2D eigenvalue weighted by Gasteiger charge is 2.24. The van der Waals surface area contributed by atoms with Crippen LogP contribution in [0.2, 0.25) is 0 Å². The van der Waals surface area contributed by atoms with Crippen LogP contribution in [0.15, 0.2) is 36.9 Å². The highest BCUT2D eigenvalue weighted by atomic mass is 32.1. The second kappa shape index (κ2) is 10.8. The van der Waals surface area contributed by atoms with Gasteiger partial charge in [0.15, 0.2) is 5.13 Å². The molecule has 31 heavy (non-hydrogen) atoms. The van der Waals surface area contributed by atoms with E-state index in [4.69, 9.17) is 5.73 Å². The maximum atomic E-state index is 12.5. The molecule has 2 heterocycles. The molecule has 0 spiro atoms. The minimum Gasteiger partial charge on any atom is -0.383 e. The molecule has 0 bridgehead atoms. The highest BCUT2D eigenvalue weighted by Crippen LogP contribution is 2.30. The van der Waals surface area contributed by atoms with Gasteiger partial charge < -0.3 is 16.4 Å². The molecule has 3 rings (SSSR count). The van der Waals surface area contributed by atoms with Gasteiger partial charge in [0.1, 0.15) is 5.82 Å². The summed E-state index contributed by atoms with van der Waals surface area (Å²) in [5.41, 5.74) is 7.58. The Balaban J connectivity index is 1.51. The van der Waals surface area contributed by atoms with Crippen LogP contribution in [0.25, 0.3) is 0 Å². The zero-order chi connectivity index (χ0) is 22.4. The predicted octanol–water partition coefficient (Wildman–Crippen LogP) is 4.83. The van der Waals surface area contributed by atoms with Gasteiger partial charge in [0.25, 0.3) is 5.91 Å². The number of carbonyl (C=O) groups excluding carboxylic acids is 1. The summed E-state index contributed by atoms with van der Waals surface area (Å²) >= 11 is 1.55. The van der Waals surface area contributed by atoms with E-state index in [9.17, 15) is 4.79 Å². The fourth-order valence-corrected chi connectivity index (χ4v) is 5.13. The monoisotopic (exact) mass is 441 g/mol. The summed E-state index contributed by atoms with van der Waals surface area (Å²) in [6.45, 7) is 12.1. The number of anilines is 3. The third-order valence-corrected chi connectivity index (χ3v) is 7.08. The Kier molecular flexibility index (Phi) is 8.09. The van der Waals surface area contributed by atoms with Crippen molar-refractivity contribution in [3.63, 3.8) is 0 Å². The van der Waals surface area contributed by atoms with E-state index in [1.54, 1.807) is 11.3 Å². The molecule has 0 aliphatic carbocycles. The standard InChI is InChI=1S/C24H35N5OS/c1-5-16(2)15-21-22(25)28-24(31-21)27-20-11-9-19(10-12-20)23(30)26-13-14-29-17(3)7-6-8-18(29)4/h5,9-12,16-18H,1,6-8,13-15,25H2,2-4H3,(H,26,30)(H,27,28). The molecule has 1 aliphatic rings. The Labute approximate surface area is 189 Å². The average molecular weight is 442 g/mol. The van der Waals surface area contributed by atoms with E-state index in [2.05, 4.69) is 47.9 Å². The summed E-state index contributed by atoms with van der Waals surface area (Å²) in [4.78, 5) is 20.5. The van der Waals surface area contributed by atoms with Crippen LogP contribution in [0.1, 0.15) is 55.3 Å². The second-order valence-corrected chi connectivity index (χ2v) is 9.65. The van der Waals surface area contributed by atoms with Gasteiger partial charge in [0, 0.05) is 36.4 Å². The van der Waals surface area contributed by atoms with Crippen molar-refractivity contribution in [3.05, 3.63) is 47.4 Å². The summed E-state index contributed by atoms with van der Waals surface area (Å²) in [7, 11) is 0. The normalized spacial score (nSPS) is 20.2. The van der Waals surface area contributed by atoms with Gasteiger partial charge in [-0.25, -0.2) is 4.98 Å². The van der Waals surface area contributed by atoms with Gasteiger partial charge in [-0.15, -0.1) is 6.58 Å². The van der Waals surface area contributed by atoms with Crippen molar-refractivity contribution in [2.24, 2.45) is 5.92 Å². The molecule has 6 nitrogen and oxygen atoms in total. The van der Waals surface area contributed by atoms with E-state index in [1.165, 1.54) is 19.3 Å². The third kappa shape index (κ3) is 6.31. The first kappa shape index (κ1) is 23.3. The number of nitrogen functional groups attached to an aromatic ring is 1. The lowest BCUT2D eigenvalue weighted by Crippen LogP contribution is -2.47. The number of rotatable bonds is 9. The lowest BCUT2D eigenvalue weighted by atomic mass is 9.98. The van der Waals surface area contributed by atoms with E-state index in [1.807, 2.05) is 30.3 Å². The predicted molar refractivity (Wildman–Crippen MR) is 131 cm³/mol. The molecule has 1 aliphatic heterocycles. The van der Waals surface area contributed by atoms with Gasteiger partial charge in [0.05, 0.1) is 4.88 Å². The molecule has 4 N–H and O–H groups in total. The van der Waals surface area contributed by atoms with E-state index in [0.29, 0.717) is 35.9 Å². The first-order valence-electron chi connectivity index (χ1n) is 11.2. The Bertz CT molecular complexity index is 869. The summed E-state index contributed by atoms with van der Waals surface area (Å²) in [5, 5.41) is 7.09. The van der Waals surface area contributed by atoms with Gasteiger partial charge in [-0.3, -0.25) is 9.69 Å². The topological polar surface area (TPSA) is 83.3 Å². The van der Waals surface area contributed by atoms with Crippen molar-refractivity contribution < 1.29 is 4.79 Å². The second-order valence-electron chi connectivity index (χ2n) is 8.57. The van der Waals surface area contributed by atoms with Gasteiger partial charge in [-0.05, 0) is 63.3 Å². The number of hydrogen-bond acceptors (Lipinski definition) is 6. The van der Waals surface area contributed by atoms with Crippen molar-refractivity contribution in [3.8, 4) is 0 Å². The average Bonchev–Trinajstić information content (AvgIpc) is 3.09. The Morgan fingerprint density at radius 2 is 2.00 bits per heavy atom. The minimum absolute atomic E-state index is 0.0388. The van der Waals surface area contributed by atoms with Crippen LogP contribution in [-0.2, 0) is 6.42 Å². The number of nitrogens with one attached hydrogen (secondary N) is 2. The summed E-state index contributed by atoms with van der Waals surface area (Å²) in [6.07, 6.45) is 6.54. The number of aromatic nitrogens is 1. The van der Waals surface area contributed by atoms with Crippen molar-refractivity contribution in [1.29, 1.82) is 0 Å². The number of hydrogen-bond donors (Lipinski definition) is 3. The van der Waals surface area contributed by atoms with Crippen LogP contribution in [0.5, 0.6) is 0 Å². The fraction of sp³-hybridized carbons (Fsp3) is 0.500. The molecule has 7 heteroatoms. The Hall–Kier alpha value is -2.38. The molecule has 168 valence electrons.